The van der Waals surface area contributed by atoms with Crippen LogP contribution in [0.1, 0.15) is 33.6 Å². The molecule has 8 nitrogen and oxygen atoms in total. The second-order valence-corrected chi connectivity index (χ2v) is 10.9. The van der Waals surface area contributed by atoms with Crippen molar-refractivity contribution in [2.75, 3.05) is 31.5 Å². The lowest BCUT2D eigenvalue weighted by Gasteiger charge is -2.19. The van der Waals surface area contributed by atoms with Crippen LogP contribution in [0.15, 0.2) is 78.9 Å². The molecule has 0 aliphatic carbocycles. The first-order valence-corrected chi connectivity index (χ1v) is 14.5. The van der Waals surface area contributed by atoms with Gasteiger partial charge in [0.15, 0.2) is 11.6 Å². The summed E-state index contributed by atoms with van der Waals surface area (Å²) in [4.78, 5) is 24.9. The van der Waals surface area contributed by atoms with Crippen molar-refractivity contribution < 1.29 is 33.0 Å². The Balaban J connectivity index is 0.00000240. The standard InChI is InChI=1S/C34H31F2N3O5.2ClH/c35-29-8-5-22(16-30(29)36)27-15-23(6-9-31(27)43-25-11-13-37-18-25)33(40)39-24-7-10-32(44-26-12-14-38-19-26)28(17-24)20-1-3-21(4-2-20)34(41)42;;/h1-10,15-17,25-26,37-38H,11-14,18-19H2,(H,39,40)(H,41,42);2*1H/t25-,26-;;/m0../s1. The third kappa shape index (κ3) is 7.94. The van der Waals surface area contributed by atoms with Gasteiger partial charge in [0.25, 0.3) is 5.91 Å². The largest absolute Gasteiger partial charge is 0.488 e. The molecule has 2 aliphatic rings. The van der Waals surface area contributed by atoms with Gasteiger partial charge in [-0.3, -0.25) is 4.79 Å². The minimum atomic E-state index is -1.02. The molecule has 4 aromatic carbocycles. The van der Waals surface area contributed by atoms with Gasteiger partial charge >= 0.3 is 5.97 Å². The van der Waals surface area contributed by atoms with E-state index in [1.165, 1.54) is 18.2 Å². The number of hydrogen-bond donors (Lipinski definition) is 4. The Bertz CT molecular complexity index is 1700. The van der Waals surface area contributed by atoms with Crippen molar-refractivity contribution >= 4 is 42.4 Å². The van der Waals surface area contributed by atoms with E-state index < -0.39 is 23.5 Å². The first-order valence-electron chi connectivity index (χ1n) is 14.5. The number of nitrogens with one attached hydrogen (secondary N) is 3. The Labute approximate surface area is 277 Å². The van der Waals surface area contributed by atoms with Gasteiger partial charge in [-0.1, -0.05) is 18.2 Å². The highest BCUT2D eigenvalue weighted by molar-refractivity contribution is 6.05. The molecule has 242 valence electrons. The zero-order valence-corrected chi connectivity index (χ0v) is 26.2. The summed E-state index contributed by atoms with van der Waals surface area (Å²) in [6.45, 7) is 3.05. The fourth-order valence-electron chi connectivity index (χ4n) is 5.41. The van der Waals surface area contributed by atoms with Gasteiger partial charge in [-0.2, -0.15) is 0 Å². The lowest BCUT2D eigenvalue weighted by molar-refractivity contribution is 0.0696. The van der Waals surface area contributed by atoms with Gasteiger partial charge in [-0.15, -0.1) is 24.8 Å². The number of halogens is 4. The lowest BCUT2D eigenvalue weighted by atomic mass is 10.0. The van der Waals surface area contributed by atoms with Crippen molar-refractivity contribution in [3.8, 4) is 33.8 Å². The van der Waals surface area contributed by atoms with Crippen LogP contribution in [-0.2, 0) is 0 Å². The minimum Gasteiger partial charge on any atom is -0.488 e. The Kier molecular flexibility index (Phi) is 11.6. The predicted molar refractivity (Wildman–Crippen MR) is 177 cm³/mol. The van der Waals surface area contributed by atoms with Crippen molar-refractivity contribution in [2.24, 2.45) is 0 Å². The van der Waals surface area contributed by atoms with E-state index in [1.54, 1.807) is 48.5 Å². The van der Waals surface area contributed by atoms with Crippen LogP contribution >= 0.6 is 24.8 Å². The maximum atomic E-state index is 14.2. The van der Waals surface area contributed by atoms with E-state index in [4.69, 9.17) is 9.47 Å². The van der Waals surface area contributed by atoms with Crippen molar-refractivity contribution in [1.82, 2.24) is 10.6 Å². The maximum Gasteiger partial charge on any atom is 0.335 e. The van der Waals surface area contributed by atoms with Crippen LogP contribution in [-0.4, -0.2) is 55.4 Å². The highest BCUT2D eigenvalue weighted by atomic mass is 35.5. The minimum absolute atomic E-state index is 0. The monoisotopic (exact) mass is 671 g/mol. The number of hydrogen-bond acceptors (Lipinski definition) is 6. The molecule has 2 fully saturated rings. The molecule has 1 amide bonds. The van der Waals surface area contributed by atoms with Crippen LogP contribution in [0.2, 0.25) is 0 Å². The summed E-state index contributed by atoms with van der Waals surface area (Å²) in [6, 6.07) is 20.3. The molecule has 4 aromatic rings. The summed E-state index contributed by atoms with van der Waals surface area (Å²) in [5.74, 6) is -2.31. The van der Waals surface area contributed by atoms with Gasteiger partial charge in [-0.25, -0.2) is 13.6 Å². The van der Waals surface area contributed by atoms with Gasteiger partial charge in [-0.05, 0) is 97.7 Å². The molecule has 4 N–H and O–H groups in total. The number of carboxylic acid groups (broad SMARTS) is 1. The number of carbonyl (C=O) groups excluding carboxylic acids is 1. The summed E-state index contributed by atoms with van der Waals surface area (Å²) in [5, 5.41) is 18.8. The van der Waals surface area contributed by atoms with E-state index in [-0.39, 0.29) is 42.6 Å². The fourth-order valence-corrected chi connectivity index (χ4v) is 5.41. The highest BCUT2D eigenvalue weighted by Gasteiger charge is 2.22. The predicted octanol–water partition coefficient (Wildman–Crippen LogP) is 6.57. The second kappa shape index (κ2) is 15.4. The van der Waals surface area contributed by atoms with Crippen molar-refractivity contribution in [3.63, 3.8) is 0 Å². The van der Waals surface area contributed by atoms with Gasteiger partial charge in [0.1, 0.15) is 23.7 Å². The number of aromatic carboxylic acids is 1. The number of ether oxygens (including phenoxy) is 2. The fraction of sp³-hybridized carbons (Fsp3) is 0.235. The quantitative estimate of drug-likeness (QED) is 0.159. The van der Waals surface area contributed by atoms with Crippen LogP contribution in [0.25, 0.3) is 22.3 Å². The molecule has 0 aromatic heterocycles. The highest BCUT2D eigenvalue weighted by Crippen LogP contribution is 2.36. The Morgan fingerprint density at radius 1 is 0.696 bits per heavy atom. The first-order chi connectivity index (χ1) is 21.3. The summed E-state index contributed by atoms with van der Waals surface area (Å²) in [7, 11) is 0. The number of anilines is 1. The molecule has 2 atom stereocenters. The normalized spacial score (nSPS) is 17.0. The molecule has 2 aliphatic heterocycles. The van der Waals surface area contributed by atoms with Crippen molar-refractivity contribution in [2.45, 2.75) is 25.0 Å². The molecule has 6 rings (SSSR count). The van der Waals surface area contributed by atoms with Crippen molar-refractivity contribution in [3.05, 3.63) is 102 Å². The van der Waals surface area contributed by atoms with E-state index in [2.05, 4.69) is 16.0 Å². The smallest absolute Gasteiger partial charge is 0.335 e. The first kappa shape index (κ1) is 34.6. The summed E-state index contributed by atoms with van der Waals surface area (Å²) >= 11 is 0. The number of benzene rings is 4. The third-order valence-electron chi connectivity index (χ3n) is 7.77. The average molecular weight is 673 g/mol. The Morgan fingerprint density at radius 2 is 1.26 bits per heavy atom. The molecule has 2 saturated heterocycles. The number of amides is 1. The van der Waals surface area contributed by atoms with Gasteiger partial charge in [0, 0.05) is 35.5 Å². The molecular formula is C34H33Cl2F2N3O5. The molecular weight excluding hydrogens is 639 g/mol. The van der Waals surface area contributed by atoms with E-state index in [0.29, 0.717) is 52.5 Å². The van der Waals surface area contributed by atoms with Crippen LogP contribution in [0.5, 0.6) is 11.5 Å². The van der Waals surface area contributed by atoms with E-state index >= 15 is 0 Å². The van der Waals surface area contributed by atoms with Crippen molar-refractivity contribution in [1.29, 1.82) is 0 Å². The zero-order chi connectivity index (χ0) is 30.6. The SMILES string of the molecule is Cl.Cl.O=C(O)c1ccc(-c2cc(NC(=O)c3ccc(O[C@H]4CCNC4)c(-c4ccc(F)c(F)c4)c3)ccc2O[C@H]2CCNC2)cc1. The van der Waals surface area contributed by atoms with Gasteiger partial charge in [0.2, 0.25) is 0 Å². The number of carboxylic acids is 1. The van der Waals surface area contributed by atoms with Gasteiger partial charge < -0.3 is 30.5 Å². The molecule has 0 unspecified atom stereocenters. The molecule has 2 heterocycles. The topological polar surface area (TPSA) is 109 Å². The lowest BCUT2D eigenvalue weighted by Crippen LogP contribution is -2.20. The second-order valence-electron chi connectivity index (χ2n) is 10.9. The zero-order valence-electron chi connectivity index (χ0n) is 24.6. The molecule has 0 bridgehead atoms. The molecule has 0 saturated carbocycles. The van der Waals surface area contributed by atoms with E-state index in [9.17, 15) is 23.5 Å². The molecule has 0 spiro atoms. The molecule has 0 radical (unpaired) electrons. The van der Waals surface area contributed by atoms with E-state index in [0.717, 1.165) is 43.6 Å². The summed E-state index contributed by atoms with van der Waals surface area (Å²) in [6.07, 6.45) is 1.57. The van der Waals surface area contributed by atoms with Crippen LogP contribution < -0.4 is 25.4 Å². The number of carbonyl (C=O) groups is 2. The molecule has 46 heavy (non-hydrogen) atoms. The Hall–Kier alpha value is -4.22. The molecule has 12 heteroatoms. The Morgan fingerprint density at radius 3 is 1.83 bits per heavy atom. The van der Waals surface area contributed by atoms with Gasteiger partial charge in [0.05, 0.1) is 5.56 Å². The van der Waals surface area contributed by atoms with Crippen LogP contribution in [0, 0.1) is 11.6 Å². The van der Waals surface area contributed by atoms with Crippen LogP contribution in [0.3, 0.4) is 0 Å². The van der Waals surface area contributed by atoms with E-state index in [1.807, 2.05) is 0 Å². The third-order valence-corrected chi connectivity index (χ3v) is 7.77. The summed E-state index contributed by atoms with van der Waals surface area (Å²) in [5.41, 5.74) is 3.24. The average Bonchev–Trinajstić information content (AvgIpc) is 3.74. The van der Waals surface area contributed by atoms with Crippen LogP contribution in [0.4, 0.5) is 14.5 Å². The number of rotatable bonds is 9. The summed E-state index contributed by atoms with van der Waals surface area (Å²) < 4.78 is 40.4. The maximum absolute atomic E-state index is 14.2.